The Hall–Kier alpha value is -1.23. The minimum atomic E-state index is -1.27. The van der Waals surface area contributed by atoms with Gasteiger partial charge in [-0.2, -0.15) is 0 Å². The van der Waals surface area contributed by atoms with Gasteiger partial charge in [0.25, 0.3) is 0 Å². The molecule has 14 heavy (non-hydrogen) atoms. The smallest absolute Gasteiger partial charge is 0.161 e. The first-order valence-corrected chi connectivity index (χ1v) is 4.52. The van der Waals surface area contributed by atoms with Gasteiger partial charge >= 0.3 is 0 Å². The average molecular weight is 260 g/mol. The van der Waals surface area contributed by atoms with E-state index in [0.717, 1.165) is 0 Å². The number of hydrogen-bond donors (Lipinski definition) is 0. The number of carbonyl (C=O) groups is 1. The van der Waals surface area contributed by atoms with Gasteiger partial charge in [0.1, 0.15) is 0 Å². The van der Waals surface area contributed by atoms with Gasteiger partial charge in [-0.15, -0.1) is 0 Å². The summed E-state index contributed by atoms with van der Waals surface area (Å²) < 4.78 is 10.3. The molecule has 0 aromatic heterocycles. The summed E-state index contributed by atoms with van der Waals surface area (Å²) in [6.07, 6.45) is 0. The van der Waals surface area contributed by atoms with Crippen LogP contribution in [0.4, 0.5) is 0 Å². The first kappa shape index (κ1) is 10.8. The third-order valence-corrected chi connectivity index (χ3v) is 2.35. The lowest BCUT2D eigenvalue weighted by molar-refractivity contribution is -0.255. The summed E-state index contributed by atoms with van der Waals surface area (Å²) in [5.41, 5.74) is 0.0302. The number of halogens is 1. The van der Waals surface area contributed by atoms with Crippen LogP contribution >= 0.6 is 15.9 Å². The molecule has 0 aliphatic rings. The van der Waals surface area contributed by atoms with Crippen molar-refractivity contribution in [3.63, 3.8) is 0 Å². The molecule has 1 aromatic carbocycles. The molecule has 0 bridgehead atoms. The molecular formula is C9H8BrO4-. The SMILES string of the molecule is COc1cc(Br)c(C(=O)[O-])cc1OC. The van der Waals surface area contributed by atoms with Crippen LogP contribution < -0.4 is 14.6 Å². The van der Waals surface area contributed by atoms with E-state index in [1.807, 2.05) is 0 Å². The molecule has 0 heterocycles. The normalized spacial score (nSPS) is 9.64. The molecule has 0 spiro atoms. The third-order valence-electron chi connectivity index (χ3n) is 1.69. The summed E-state index contributed by atoms with van der Waals surface area (Å²) >= 11 is 3.10. The van der Waals surface area contributed by atoms with Crippen molar-refractivity contribution in [1.29, 1.82) is 0 Å². The number of carboxylic acids is 1. The van der Waals surface area contributed by atoms with Gasteiger partial charge in [0, 0.05) is 10.0 Å². The molecule has 0 atom stereocenters. The molecule has 4 nitrogen and oxygen atoms in total. The highest BCUT2D eigenvalue weighted by Gasteiger charge is 2.09. The summed E-state index contributed by atoms with van der Waals surface area (Å²) in [7, 11) is 2.91. The van der Waals surface area contributed by atoms with Crippen LogP contribution in [0, 0.1) is 0 Å². The van der Waals surface area contributed by atoms with E-state index in [4.69, 9.17) is 9.47 Å². The fraction of sp³-hybridized carbons (Fsp3) is 0.222. The molecule has 0 unspecified atom stereocenters. The van der Waals surface area contributed by atoms with E-state index >= 15 is 0 Å². The van der Waals surface area contributed by atoms with E-state index in [1.54, 1.807) is 0 Å². The predicted octanol–water partition coefficient (Wildman–Crippen LogP) is 0.830. The lowest BCUT2D eigenvalue weighted by Gasteiger charge is -2.11. The number of rotatable bonds is 3. The Kier molecular flexibility index (Phi) is 3.35. The van der Waals surface area contributed by atoms with Crippen molar-refractivity contribution in [3.05, 3.63) is 22.2 Å². The summed E-state index contributed by atoms with van der Waals surface area (Å²) in [4.78, 5) is 10.7. The standard InChI is InChI=1S/C9H9BrO4/c1-13-7-3-5(9(11)12)6(10)4-8(7)14-2/h3-4H,1-2H3,(H,11,12)/p-1. The van der Waals surface area contributed by atoms with Crippen LogP contribution in [0.2, 0.25) is 0 Å². The van der Waals surface area contributed by atoms with Crippen LogP contribution in [0.5, 0.6) is 11.5 Å². The molecule has 0 aliphatic heterocycles. The fourth-order valence-electron chi connectivity index (χ4n) is 1.01. The maximum Gasteiger partial charge on any atom is 0.161 e. The Labute approximate surface area is 89.6 Å². The maximum absolute atomic E-state index is 10.7. The molecule has 0 saturated heterocycles. The summed E-state index contributed by atoms with van der Waals surface area (Å²) in [5, 5.41) is 10.7. The monoisotopic (exact) mass is 259 g/mol. The van der Waals surface area contributed by atoms with E-state index in [9.17, 15) is 9.90 Å². The third kappa shape index (κ3) is 1.98. The molecule has 5 heteroatoms. The summed E-state index contributed by atoms with van der Waals surface area (Å²) in [6, 6.07) is 2.86. The van der Waals surface area contributed by atoms with Crippen molar-refractivity contribution in [2.45, 2.75) is 0 Å². The van der Waals surface area contributed by atoms with E-state index in [-0.39, 0.29) is 5.56 Å². The van der Waals surface area contributed by atoms with Crippen LogP contribution in [0.15, 0.2) is 16.6 Å². The number of aromatic carboxylic acids is 1. The van der Waals surface area contributed by atoms with Crippen LogP contribution in [0.1, 0.15) is 10.4 Å². The number of carboxylic acid groups (broad SMARTS) is 1. The van der Waals surface area contributed by atoms with Crippen molar-refractivity contribution < 1.29 is 19.4 Å². The Morgan fingerprint density at radius 2 is 1.79 bits per heavy atom. The number of methoxy groups -OCH3 is 2. The van der Waals surface area contributed by atoms with Crippen molar-refractivity contribution >= 4 is 21.9 Å². The van der Waals surface area contributed by atoms with Crippen molar-refractivity contribution in [1.82, 2.24) is 0 Å². The number of ether oxygens (including phenoxy) is 2. The first-order valence-electron chi connectivity index (χ1n) is 3.73. The second-order valence-corrected chi connectivity index (χ2v) is 3.33. The van der Waals surface area contributed by atoms with E-state index in [2.05, 4.69) is 15.9 Å². The first-order chi connectivity index (χ1) is 6.60. The Morgan fingerprint density at radius 1 is 1.29 bits per heavy atom. The molecular weight excluding hydrogens is 252 g/mol. The molecule has 0 saturated carbocycles. The van der Waals surface area contributed by atoms with E-state index < -0.39 is 5.97 Å². The molecule has 0 N–H and O–H groups in total. The van der Waals surface area contributed by atoms with Gasteiger partial charge in [-0.1, -0.05) is 0 Å². The minimum absolute atomic E-state index is 0.0302. The van der Waals surface area contributed by atoms with Crippen LogP contribution in [-0.4, -0.2) is 20.2 Å². The molecule has 1 rings (SSSR count). The Bertz CT molecular complexity index is 362. The zero-order valence-corrected chi connectivity index (χ0v) is 9.25. The van der Waals surface area contributed by atoms with Crippen LogP contribution in [0.3, 0.4) is 0 Å². The zero-order valence-electron chi connectivity index (χ0n) is 7.67. The van der Waals surface area contributed by atoms with Gasteiger partial charge in [0.05, 0.1) is 20.2 Å². The number of benzene rings is 1. The van der Waals surface area contributed by atoms with Crippen molar-refractivity contribution in [2.24, 2.45) is 0 Å². The van der Waals surface area contributed by atoms with Gasteiger partial charge in [-0.3, -0.25) is 0 Å². The topological polar surface area (TPSA) is 58.6 Å². The molecule has 76 valence electrons. The highest BCUT2D eigenvalue weighted by molar-refractivity contribution is 9.10. The summed E-state index contributed by atoms with van der Waals surface area (Å²) in [6.45, 7) is 0. The molecule has 0 fully saturated rings. The Balaban J connectivity index is 3.30. The summed E-state index contributed by atoms with van der Waals surface area (Å²) in [5.74, 6) is -0.447. The van der Waals surface area contributed by atoms with E-state index in [0.29, 0.717) is 16.0 Å². The zero-order chi connectivity index (χ0) is 10.7. The van der Waals surface area contributed by atoms with Gasteiger partial charge in [-0.25, -0.2) is 0 Å². The highest BCUT2D eigenvalue weighted by atomic mass is 79.9. The van der Waals surface area contributed by atoms with Crippen LogP contribution in [0.25, 0.3) is 0 Å². The second kappa shape index (κ2) is 4.32. The lowest BCUT2D eigenvalue weighted by Crippen LogP contribution is -2.22. The van der Waals surface area contributed by atoms with Gasteiger partial charge in [0.15, 0.2) is 11.5 Å². The van der Waals surface area contributed by atoms with Gasteiger partial charge in [0.2, 0.25) is 0 Å². The maximum atomic E-state index is 10.7. The van der Waals surface area contributed by atoms with Gasteiger partial charge in [-0.05, 0) is 28.1 Å². The number of carbonyl (C=O) groups excluding carboxylic acids is 1. The van der Waals surface area contributed by atoms with Gasteiger partial charge < -0.3 is 19.4 Å². The Morgan fingerprint density at radius 3 is 2.21 bits per heavy atom. The largest absolute Gasteiger partial charge is 0.545 e. The lowest BCUT2D eigenvalue weighted by atomic mass is 10.2. The molecule has 1 aromatic rings. The quantitative estimate of drug-likeness (QED) is 0.807. The fourth-order valence-corrected chi connectivity index (χ4v) is 1.49. The van der Waals surface area contributed by atoms with Crippen LogP contribution in [-0.2, 0) is 0 Å². The van der Waals surface area contributed by atoms with E-state index in [1.165, 1.54) is 26.4 Å². The molecule has 0 aliphatic carbocycles. The van der Waals surface area contributed by atoms with Crippen molar-refractivity contribution in [2.75, 3.05) is 14.2 Å². The predicted molar refractivity (Wildman–Crippen MR) is 51.6 cm³/mol. The highest BCUT2D eigenvalue weighted by Crippen LogP contribution is 2.32. The molecule has 0 amide bonds. The minimum Gasteiger partial charge on any atom is -0.545 e. The number of hydrogen-bond acceptors (Lipinski definition) is 4. The molecule has 0 radical (unpaired) electrons. The second-order valence-electron chi connectivity index (χ2n) is 2.47. The van der Waals surface area contributed by atoms with Crippen molar-refractivity contribution in [3.8, 4) is 11.5 Å². The average Bonchev–Trinajstić information content (AvgIpc) is 2.16.